The zero-order valence-corrected chi connectivity index (χ0v) is 14.3. The van der Waals surface area contributed by atoms with Crippen LogP contribution in [0.15, 0.2) is 59.4 Å². The van der Waals surface area contributed by atoms with E-state index in [4.69, 9.17) is 4.74 Å². The fourth-order valence-electron chi connectivity index (χ4n) is 2.76. The van der Waals surface area contributed by atoms with Crippen LogP contribution in [0.2, 0.25) is 0 Å². The number of fused-ring (bicyclic) bond motifs is 1. The molecule has 0 aliphatic rings. The molecule has 0 fully saturated rings. The first kappa shape index (κ1) is 16.9. The highest BCUT2D eigenvalue weighted by atomic mass is 16.5. The van der Waals surface area contributed by atoms with Crippen LogP contribution in [-0.4, -0.2) is 36.4 Å². The van der Waals surface area contributed by atoms with E-state index in [1.165, 1.54) is 6.07 Å². The molecule has 3 rings (SSSR count). The summed E-state index contributed by atoms with van der Waals surface area (Å²) in [7, 11) is 3.56. The molecule has 0 amide bonds. The third kappa shape index (κ3) is 4.14. The van der Waals surface area contributed by atoms with E-state index >= 15 is 0 Å². The van der Waals surface area contributed by atoms with Crippen molar-refractivity contribution in [2.24, 2.45) is 0 Å². The Balaban J connectivity index is 1.68. The minimum absolute atomic E-state index is 0.0455. The number of rotatable bonds is 6. The number of aromatic amines is 1. The summed E-state index contributed by atoms with van der Waals surface area (Å²) >= 11 is 0. The lowest BCUT2D eigenvalue weighted by Crippen LogP contribution is -2.25. The van der Waals surface area contributed by atoms with Crippen molar-refractivity contribution in [2.75, 3.05) is 20.7 Å². The van der Waals surface area contributed by atoms with E-state index in [9.17, 15) is 9.59 Å². The lowest BCUT2D eigenvalue weighted by atomic mass is 10.1. The number of ketones is 1. The number of ether oxygens (including phenoxy) is 1. The fourth-order valence-corrected chi connectivity index (χ4v) is 2.76. The number of Topliss-reactive ketones (excluding diaryl/α,β-unsaturated/α-hetero) is 1. The molecule has 128 valence electrons. The van der Waals surface area contributed by atoms with Crippen LogP contribution in [-0.2, 0) is 6.54 Å². The largest absolute Gasteiger partial charge is 0.497 e. The van der Waals surface area contributed by atoms with Gasteiger partial charge in [-0.05, 0) is 54.4 Å². The van der Waals surface area contributed by atoms with Crippen LogP contribution in [0, 0.1) is 0 Å². The molecular formula is C20H20N2O3. The van der Waals surface area contributed by atoms with Crippen molar-refractivity contribution in [1.82, 2.24) is 9.88 Å². The van der Waals surface area contributed by atoms with E-state index in [1.807, 2.05) is 42.3 Å². The van der Waals surface area contributed by atoms with E-state index in [0.717, 1.165) is 22.2 Å². The lowest BCUT2D eigenvalue weighted by molar-refractivity contribution is 0.0943. The number of carbonyl (C=O) groups excluding carboxylic acids is 1. The minimum Gasteiger partial charge on any atom is -0.497 e. The van der Waals surface area contributed by atoms with E-state index in [2.05, 4.69) is 4.98 Å². The number of carbonyl (C=O) groups is 1. The topological polar surface area (TPSA) is 62.4 Å². The van der Waals surface area contributed by atoms with Gasteiger partial charge >= 0.3 is 0 Å². The van der Waals surface area contributed by atoms with Gasteiger partial charge in [0.15, 0.2) is 5.78 Å². The second-order valence-corrected chi connectivity index (χ2v) is 6.07. The smallest absolute Gasteiger partial charge is 0.248 e. The predicted octanol–water partition coefficient (Wildman–Crippen LogP) is 2.85. The Kier molecular flexibility index (Phi) is 4.95. The summed E-state index contributed by atoms with van der Waals surface area (Å²) in [6.45, 7) is 0.998. The summed E-state index contributed by atoms with van der Waals surface area (Å²) in [5, 5.41) is 0.850. The lowest BCUT2D eigenvalue weighted by Gasteiger charge is -2.16. The average Bonchev–Trinajstić information content (AvgIpc) is 2.61. The molecule has 3 aromatic rings. The van der Waals surface area contributed by atoms with Gasteiger partial charge in [-0.15, -0.1) is 0 Å². The molecule has 0 aliphatic heterocycles. The molecule has 5 heteroatoms. The average molecular weight is 336 g/mol. The van der Waals surface area contributed by atoms with Crippen LogP contribution in [0.5, 0.6) is 5.75 Å². The summed E-state index contributed by atoms with van der Waals surface area (Å²) < 4.78 is 5.15. The maximum Gasteiger partial charge on any atom is 0.248 e. The van der Waals surface area contributed by atoms with Gasteiger partial charge in [-0.3, -0.25) is 14.5 Å². The van der Waals surface area contributed by atoms with Gasteiger partial charge in [0, 0.05) is 23.7 Å². The van der Waals surface area contributed by atoms with Crippen molar-refractivity contribution in [3.8, 4) is 5.75 Å². The highest BCUT2D eigenvalue weighted by Crippen LogP contribution is 2.15. The Labute approximate surface area is 145 Å². The maximum absolute atomic E-state index is 12.5. The van der Waals surface area contributed by atoms with Crippen molar-refractivity contribution in [1.29, 1.82) is 0 Å². The molecule has 1 heterocycles. The van der Waals surface area contributed by atoms with Crippen molar-refractivity contribution in [3.63, 3.8) is 0 Å². The molecule has 0 unspecified atom stereocenters. The van der Waals surface area contributed by atoms with Gasteiger partial charge in [0.2, 0.25) is 5.56 Å². The van der Waals surface area contributed by atoms with Crippen LogP contribution < -0.4 is 10.3 Å². The Morgan fingerprint density at radius 2 is 1.84 bits per heavy atom. The van der Waals surface area contributed by atoms with Crippen molar-refractivity contribution < 1.29 is 9.53 Å². The van der Waals surface area contributed by atoms with Gasteiger partial charge in [0.05, 0.1) is 13.7 Å². The number of benzene rings is 2. The molecule has 0 radical (unpaired) electrons. The number of methoxy groups -OCH3 is 1. The molecule has 0 aliphatic carbocycles. The quantitative estimate of drug-likeness (QED) is 0.703. The molecule has 0 saturated heterocycles. The maximum atomic E-state index is 12.5. The molecule has 5 nitrogen and oxygen atoms in total. The van der Waals surface area contributed by atoms with Crippen molar-refractivity contribution >= 4 is 16.7 Å². The molecule has 1 N–H and O–H groups in total. The Bertz CT molecular complexity index is 945. The van der Waals surface area contributed by atoms with Gasteiger partial charge in [-0.1, -0.05) is 12.1 Å². The number of hydrogen-bond acceptors (Lipinski definition) is 4. The normalized spacial score (nSPS) is 11.0. The standard InChI is InChI=1S/C20H20N2O3/c1-22(12-14-3-7-17(25-2)8-4-14)13-19(23)16-5-9-18-15(11-16)6-10-20(24)21-18/h3-11H,12-13H2,1-2H3,(H,21,24). The monoisotopic (exact) mass is 336 g/mol. The van der Waals surface area contributed by atoms with Crippen LogP contribution in [0.3, 0.4) is 0 Å². The summed E-state index contributed by atoms with van der Waals surface area (Å²) in [6, 6.07) is 16.3. The van der Waals surface area contributed by atoms with E-state index in [1.54, 1.807) is 25.3 Å². The van der Waals surface area contributed by atoms with E-state index in [0.29, 0.717) is 18.7 Å². The highest BCUT2D eigenvalue weighted by molar-refractivity contribution is 6.00. The highest BCUT2D eigenvalue weighted by Gasteiger charge is 2.11. The summed E-state index contributed by atoms with van der Waals surface area (Å²) in [4.78, 5) is 28.6. The van der Waals surface area contributed by atoms with Crippen LogP contribution in [0.1, 0.15) is 15.9 Å². The fraction of sp³-hybridized carbons (Fsp3) is 0.200. The summed E-state index contributed by atoms with van der Waals surface area (Å²) in [5.74, 6) is 0.862. The number of aromatic nitrogens is 1. The Hall–Kier alpha value is -2.92. The van der Waals surface area contributed by atoms with Crippen molar-refractivity contribution in [3.05, 3.63) is 76.1 Å². The number of pyridine rings is 1. The molecule has 0 saturated carbocycles. The van der Waals surface area contributed by atoms with Gasteiger partial charge in [0.25, 0.3) is 0 Å². The third-order valence-corrected chi connectivity index (χ3v) is 4.07. The second kappa shape index (κ2) is 7.32. The minimum atomic E-state index is -0.147. The van der Waals surface area contributed by atoms with E-state index in [-0.39, 0.29) is 11.3 Å². The predicted molar refractivity (Wildman–Crippen MR) is 98.2 cm³/mol. The number of H-pyrrole nitrogens is 1. The molecule has 25 heavy (non-hydrogen) atoms. The van der Waals surface area contributed by atoms with Crippen LogP contribution in [0.25, 0.3) is 10.9 Å². The van der Waals surface area contributed by atoms with E-state index < -0.39 is 0 Å². The Morgan fingerprint density at radius 3 is 2.56 bits per heavy atom. The molecule has 0 bridgehead atoms. The van der Waals surface area contributed by atoms with Gasteiger partial charge in [-0.25, -0.2) is 0 Å². The van der Waals surface area contributed by atoms with Crippen LogP contribution in [0.4, 0.5) is 0 Å². The first-order chi connectivity index (χ1) is 12.0. The van der Waals surface area contributed by atoms with Gasteiger partial charge < -0.3 is 9.72 Å². The zero-order chi connectivity index (χ0) is 17.8. The van der Waals surface area contributed by atoms with Gasteiger partial charge in [0.1, 0.15) is 5.75 Å². The summed E-state index contributed by atoms with van der Waals surface area (Å²) in [6.07, 6.45) is 0. The molecule has 0 spiro atoms. The number of nitrogens with zero attached hydrogens (tertiary/aromatic N) is 1. The SMILES string of the molecule is COc1ccc(CN(C)CC(=O)c2ccc3[nH]c(=O)ccc3c2)cc1. The first-order valence-corrected chi connectivity index (χ1v) is 8.03. The number of nitrogens with one attached hydrogen (secondary N) is 1. The summed E-state index contributed by atoms with van der Waals surface area (Å²) in [5.41, 5.74) is 2.34. The second-order valence-electron chi connectivity index (χ2n) is 6.07. The Morgan fingerprint density at radius 1 is 1.08 bits per heavy atom. The number of hydrogen-bond donors (Lipinski definition) is 1. The molecule has 0 atom stereocenters. The number of likely N-dealkylation sites (N-methyl/N-ethyl adjacent to an activating group) is 1. The molecule has 1 aromatic heterocycles. The zero-order valence-electron chi connectivity index (χ0n) is 14.3. The first-order valence-electron chi connectivity index (χ1n) is 8.03. The third-order valence-electron chi connectivity index (χ3n) is 4.07. The molecular weight excluding hydrogens is 316 g/mol. The van der Waals surface area contributed by atoms with Crippen molar-refractivity contribution in [2.45, 2.75) is 6.54 Å². The van der Waals surface area contributed by atoms with Crippen LogP contribution >= 0.6 is 0 Å². The van der Waals surface area contributed by atoms with Gasteiger partial charge in [-0.2, -0.15) is 0 Å². The molecule has 2 aromatic carbocycles.